The van der Waals surface area contributed by atoms with Gasteiger partial charge in [-0.05, 0) is 33.6 Å². The smallest absolute Gasteiger partial charge is 0.259 e. The number of hydrogen-bond donors (Lipinski definition) is 1. The first-order chi connectivity index (χ1) is 13.6. The lowest BCUT2D eigenvalue weighted by molar-refractivity contribution is -0.133. The van der Waals surface area contributed by atoms with Gasteiger partial charge in [-0.1, -0.05) is 30.3 Å². The van der Waals surface area contributed by atoms with E-state index in [1.807, 2.05) is 30.3 Å². The summed E-state index contributed by atoms with van der Waals surface area (Å²) in [4.78, 5) is 26.0. The second kappa shape index (κ2) is 8.02. The molecular weight excluding hydrogens is 426 g/mol. The molecule has 2 aromatic rings. The van der Waals surface area contributed by atoms with Crippen molar-refractivity contribution in [2.75, 3.05) is 19.9 Å². The molecular formula is C20H18BrN3O4. The fourth-order valence-electron chi connectivity index (χ4n) is 3.29. The van der Waals surface area contributed by atoms with Crippen LogP contribution in [0.1, 0.15) is 23.5 Å². The van der Waals surface area contributed by atoms with E-state index in [9.17, 15) is 9.59 Å². The van der Waals surface area contributed by atoms with Crippen LogP contribution in [0.15, 0.2) is 52.0 Å². The largest absolute Gasteiger partial charge is 0.454 e. The number of benzene rings is 2. The Kier molecular flexibility index (Phi) is 5.29. The highest BCUT2D eigenvalue weighted by Gasteiger charge is 2.31. The number of fused-ring (bicyclic) bond motifs is 1. The molecule has 28 heavy (non-hydrogen) atoms. The van der Waals surface area contributed by atoms with Gasteiger partial charge < -0.3 is 14.4 Å². The standard InChI is InChI=1S/C20H18BrN3O4/c21-16-8-18-17(27-12-28-18)6-14(16)9-22-23-19(25)11-24-10-15(7-20(24)26)13-4-2-1-3-5-13/h1-6,8-9,15H,7,10-12H2,(H,23,25)/b22-9+. The number of hydrazone groups is 1. The summed E-state index contributed by atoms with van der Waals surface area (Å²) in [6.45, 7) is 0.711. The molecule has 2 heterocycles. The van der Waals surface area contributed by atoms with Crippen molar-refractivity contribution in [1.82, 2.24) is 10.3 Å². The second-order valence-electron chi connectivity index (χ2n) is 6.61. The first kappa shape index (κ1) is 18.5. The Morgan fingerprint density at radius 1 is 1.25 bits per heavy atom. The molecule has 1 fully saturated rings. The Morgan fingerprint density at radius 2 is 2.00 bits per heavy atom. The number of nitrogens with one attached hydrogen (secondary N) is 1. The molecule has 1 N–H and O–H groups in total. The molecule has 0 aromatic heterocycles. The summed E-state index contributed by atoms with van der Waals surface area (Å²) < 4.78 is 11.4. The molecule has 4 rings (SSSR count). The summed E-state index contributed by atoms with van der Waals surface area (Å²) in [6, 6.07) is 13.4. The molecule has 2 aromatic carbocycles. The van der Waals surface area contributed by atoms with E-state index in [2.05, 4.69) is 26.5 Å². The number of likely N-dealkylation sites (tertiary alicyclic amines) is 1. The lowest BCUT2D eigenvalue weighted by Crippen LogP contribution is -2.36. The van der Waals surface area contributed by atoms with Crippen LogP contribution < -0.4 is 14.9 Å². The average Bonchev–Trinajstić information content (AvgIpc) is 3.29. The Morgan fingerprint density at radius 3 is 2.79 bits per heavy atom. The lowest BCUT2D eigenvalue weighted by atomic mass is 9.99. The number of carbonyl (C=O) groups is 2. The zero-order valence-electron chi connectivity index (χ0n) is 14.9. The van der Waals surface area contributed by atoms with Crippen LogP contribution in [0, 0.1) is 0 Å². The number of halogens is 1. The highest BCUT2D eigenvalue weighted by atomic mass is 79.9. The molecule has 0 saturated carbocycles. The monoisotopic (exact) mass is 443 g/mol. The summed E-state index contributed by atoms with van der Waals surface area (Å²) in [5, 5.41) is 3.98. The Balaban J connectivity index is 1.32. The molecule has 8 heteroatoms. The molecule has 2 aliphatic heterocycles. The van der Waals surface area contributed by atoms with Gasteiger partial charge in [0, 0.05) is 28.9 Å². The number of rotatable bonds is 5. The van der Waals surface area contributed by atoms with Crippen LogP contribution in [0.4, 0.5) is 0 Å². The van der Waals surface area contributed by atoms with Gasteiger partial charge in [0.05, 0.1) is 6.21 Å². The van der Waals surface area contributed by atoms with Gasteiger partial charge in [-0.15, -0.1) is 0 Å². The number of nitrogens with zero attached hydrogens (tertiary/aromatic N) is 2. The minimum atomic E-state index is -0.338. The van der Waals surface area contributed by atoms with Crippen molar-refractivity contribution in [3.63, 3.8) is 0 Å². The van der Waals surface area contributed by atoms with E-state index >= 15 is 0 Å². The maximum Gasteiger partial charge on any atom is 0.259 e. The third-order valence-electron chi connectivity index (χ3n) is 4.70. The predicted octanol–water partition coefficient (Wildman–Crippen LogP) is 2.64. The number of hydrogen-bond acceptors (Lipinski definition) is 5. The van der Waals surface area contributed by atoms with Crippen molar-refractivity contribution in [2.45, 2.75) is 12.3 Å². The van der Waals surface area contributed by atoms with E-state index < -0.39 is 0 Å². The molecule has 2 amide bonds. The van der Waals surface area contributed by atoms with Crippen LogP contribution >= 0.6 is 15.9 Å². The molecule has 144 valence electrons. The van der Waals surface area contributed by atoms with E-state index in [-0.39, 0.29) is 31.1 Å². The molecule has 1 unspecified atom stereocenters. The summed E-state index contributed by atoms with van der Waals surface area (Å²) in [7, 11) is 0. The van der Waals surface area contributed by atoms with Crippen molar-refractivity contribution in [3.8, 4) is 11.5 Å². The summed E-state index contributed by atoms with van der Waals surface area (Å²) >= 11 is 3.43. The summed E-state index contributed by atoms with van der Waals surface area (Å²) in [6.07, 6.45) is 1.94. The number of ether oxygens (including phenoxy) is 2. The summed E-state index contributed by atoms with van der Waals surface area (Å²) in [5.41, 5.74) is 4.33. The highest BCUT2D eigenvalue weighted by Crippen LogP contribution is 2.36. The molecule has 0 radical (unpaired) electrons. The average molecular weight is 444 g/mol. The zero-order chi connectivity index (χ0) is 19.5. The van der Waals surface area contributed by atoms with Crippen LogP contribution in [0.25, 0.3) is 0 Å². The molecule has 1 saturated heterocycles. The van der Waals surface area contributed by atoms with Crippen molar-refractivity contribution >= 4 is 34.0 Å². The fourth-order valence-corrected chi connectivity index (χ4v) is 3.71. The van der Waals surface area contributed by atoms with Gasteiger partial charge in [-0.3, -0.25) is 9.59 Å². The molecule has 0 spiro atoms. The van der Waals surface area contributed by atoms with Gasteiger partial charge in [0.2, 0.25) is 12.7 Å². The lowest BCUT2D eigenvalue weighted by Gasteiger charge is -2.15. The Bertz CT molecular complexity index is 933. The fraction of sp³-hybridized carbons (Fsp3) is 0.250. The SMILES string of the molecule is O=C(CN1CC(c2ccccc2)CC1=O)N/N=C/c1cc2c(cc1Br)OCO2. The van der Waals surface area contributed by atoms with Gasteiger partial charge in [-0.2, -0.15) is 5.10 Å². The van der Waals surface area contributed by atoms with Crippen LogP contribution in [-0.4, -0.2) is 42.8 Å². The second-order valence-corrected chi connectivity index (χ2v) is 7.46. The van der Waals surface area contributed by atoms with Gasteiger partial charge >= 0.3 is 0 Å². The van der Waals surface area contributed by atoms with Crippen LogP contribution in [0.5, 0.6) is 11.5 Å². The third-order valence-corrected chi connectivity index (χ3v) is 5.39. The van der Waals surface area contributed by atoms with Crippen molar-refractivity contribution in [2.24, 2.45) is 5.10 Å². The Labute approximate surface area is 170 Å². The minimum Gasteiger partial charge on any atom is -0.454 e. The molecule has 2 aliphatic rings. The highest BCUT2D eigenvalue weighted by molar-refractivity contribution is 9.10. The number of carbonyl (C=O) groups excluding carboxylic acids is 2. The minimum absolute atomic E-state index is 0.0121. The normalized spacial score (nSPS) is 18.1. The topological polar surface area (TPSA) is 80.2 Å². The van der Waals surface area contributed by atoms with Gasteiger partial charge in [-0.25, -0.2) is 5.43 Å². The quantitative estimate of drug-likeness (QED) is 0.568. The van der Waals surface area contributed by atoms with Crippen molar-refractivity contribution in [1.29, 1.82) is 0 Å². The van der Waals surface area contributed by atoms with Crippen LogP contribution in [-0.2, 0) is 9.59 Å². The van der Waals surface area contributed by atoms with E-state index in [1.165, 1.54) is 6.21 Å². The zero-order valence-corrected chi connectivity index (χ0v) is 16.5. The van der Waals surface area contributed by atoms with Gasteiger partial charge in [0.25, 0.3) is 5.91 Å². The van der Waals surface area contributed by atoms with E-state index in [0.717, 1.165) is 15.6 Å². The maximum absolute atomic E-state index is 12.2. The van der Waals surface area contributed by atoms with E-state index in [0.29, 0.717) is 24.5 Å². The third kappa shape index (κ3) is 4.01. The maximum atomic E-state index is 12.2. The van der Waals surface area contributed by atoms with E-state index in [1.54, 1.807) is 17.0 Å². The van der Waals surface area contributed by atoms with Crippen LogP contribution in [0.3, 0.4) is 0 Å². The number of amides is 2. The first-order valence-electron chi connectivity index (χ1n) is 8.84. The van der Waals surface area contributed by atoms with Crippen molar-refractivity contribution < 1.29 is 19.1 Å². The van der Waals surface area contributed by atoms with Gasteiger partial charge in [0.1, 0.15) is 6.54 Å². The molecule has 1 atom stereocenters. The predicted molar refractivity (Wildman–Crippen MR) is 106 cm³/mol. The Hall–Kier alpha value is -2.87. The summed E-state index contributed by atoms with van der Waals surface area (Å²) in [5.74, 6) is 1.05. The van der Waals surface area contributed by atoms with Crippen LogP contribution in [0.2, 0.25) is 0 Å². The van der Waals surface area contributed by atoms with Gasteiger partial charge in [0.15, 0.2) is 11.5 Å². The molecule has 0 bridgehead atoms. The molecule has 0 aliphatic carbocycles. The molecule has 7 nitrogen and oxygen atoms in total. The van der Waals surface area contributed by atoms with E-state index in [4.69, 9.17) is 9.47 Å². The first-order valence-corrected chi connectivity index (χ1v) is 9.63. The van der Waals surface area contributed by atoms with Crippen molar-refractivity contribution in [3.05, 3.63) is 58.1 Å².